The first-order valence-corrected chi connectivity index (χ1v) is 8.06. The summed E-state index contributed by atoms with van der Waals surface area (Å²) >= 11 is 0. The zero-order chi connectivity index (χ0) is 15.5. The Bertz CT molecular complexity index is 727. The number of aromatic nitrogens is 2. The van der Waals surface area contributed by atoms with Crippen molar-refractivity contribution < 1.29 is 8.42 Å². The Hall–Kier alpha value is -2.15. The Morgan fingerprint density at radius 1 is 1.14 bits per heavy atom. The van der Waals surface area contributed by atoms with Crippen LogP contribution in [0.3, 0.4) is 0 Å². The minimum atomic E-state index is -3.69. The number of hydrogen-bond donors (Lipinski definition) is 2. The maximum Gasteiger partial charge on any atom is 0.264 e. The van der Waals surface area contributed by atoms with E-state index in [1.54, 1.807) is 6.07 Å². The third kappa shape index (κ3) is 3.69. The number of nitrogens with zero attached hydrogens (tertiary/aromatic N) is 2. The highest BCUT2D eigenvalue weighted by atomic mass is 32.2. The molecule has 0 saturated heterocycles. The van der Waals surface area contributed by atoms with Crippen LogP contribution >= 0.6 is 0 Å². The van der Waals surface area contributed by atoms with Gasteiger partial charge in [0.25, 0.3) is 10.0 Å². The predicted molar refractivity (Wildman–Crippen MR) is 82.9 cm³/mol. The molecule has 2 rings (SSSR count). The Morgan fingerprint density at radius 2 is 1.81 bits per heavy atom. The summed E-state index contributed by atoms with van der Waals surface area (Å²) in [5.74, 6) is 0.406. The highest BCUT2D eigenvalue weighted by molar-refractivity contribution is 7.92. The predicted octanol–water partition coefficient (Wildman–Crippen LogP) is 2.33. The lowest BCUT2D eigenvalue weighted by molar-refractivity contribution is 0.600. The lowest BCUT2D eigenvalue weighted by Gasteiger charge is -2.11. The van der Waals surface area contributed by atoms with E-state index in [1.807, 2.05) is 32.9 Å². The van der Waals surface area contributed by atoms with E-state index in [9.17, 15) is 8.42 Å². The molecule has 6 nitrogen and oxygen atoms in total. The van der Waals surface area contributed by atoms with Crippen molar-refractivity contribution in [2.75, 3.05) is 16.6 Å². The molecule has 1 heterocycles. The molecule has 21 heavy (non-hydrogen) atoms. The number of nitrogens with one attached hydrogen (secondary N) is 2. The molecule has 0 spiro atoms. The second-order valence-corrected chi connectivity index (χ2v) is 6.38. The smallest absolute Gasteiger partial charge is 0.264 e. The fraction of sp³-hybridized carbons (Fsp3) is 0.286. The van der Waals surface area contributed by atoms with Gasteiger partial charge in [0.2, 0.25) is 5.95 Å². The molecule has 0 fully saturated rings. The van der Waals surface area contributed by atoms with Crippen molar-refractivity contribution in [1.82, 2.24) is 9.97 Å². The van der Waals surface area contributed by atoms with Crippen LogP contribution in [0.4, 0.5) is 11.6 Å². The quantitative estimate of drug-likeness (QED) is 0.885. The summed E-state index contributed by atoms with van der Waals surface area (Å²) in [6.45, 7) is 6.34. The monoisotopic (exact) mass is 306 g/mol. The van der Waals surface area contributed by atoms with Gasteiger partial charge in [0.15, 0.2) is 0 Å². The number of benzene rings is 1. The zero-order valence-electron chi connectivity index (χ0n) is 12.2. The van der Waals surface area contributed by atoms with Gasteiger partial charge in [-0.3, -0.25) is 4.72 Å². The topological polar surface area (TPSA) is 84.0 Å². The van der Waals surface area contributed by atoms with Crippen LogP contribution < -0.4 is 10.0 Å². The summed E-state index contributed by atoms with van der Waals surface area (Å²) in [5.41, 5.74) is 2.40. The summed E-state index contributed by atoms with van der Waals surface area (Å²) in [7, 11) is -3.69. The van der Waals surface area contributed by atoms with Crippen molar-refractivity contribution in [3.63, 3.8) is 0 Å². The molecular formula is C14H18N4O2S. The highest BCUT2D eigenvalue weighted by Gasteiger charge is 2.16. The van der Waals surface area contributed by atoms with Crippen molar-refractivity contribution in [1.29, 1.82) is 0 Å². The van der Waals surface area contributed by atoms with E-state index >= 15 is 0 Å². The molecule has 0 aliphatic carbocycles. The number of aryl methyl sites for hydroxylation is 2. The minimum absolute atomic E-state index is 0.0325. The third-order valence-corrected chi connectivity index (χ3v) is 4.23. The van der Waals surface area contributed by atoms with Gasteiger partial charge in [-0.1, -0.05) is 12.1 Å². The van der Waals surface area contributed by atoms with E-state index in [0.29, 0.717) is 18.2 Å². The van der Waals surface area contributed by atoms with Crippen LogP contribution in [-0.4, -0.2) is 24.9 Å². The van der Waals surface area contributed by atoms with Crippen LogP contribution in [0, 0.1) is 13.8 Å². The van der Waals surface area contributed by atoms with Gasteiger partial charge >= 0.3 is 0 Å². The standard InChI is InChI=1S/C14H18N4O2S/c1-4-15-14-16-8-12(9-17-14)21(19,20)18-13-7-10(2)5-6-11(13)3/h5-9,18H,4H2,1-3H3,(H,15,16,17). The van der Waals surface area contributed by atoms with E-state index in [2.05, 4.69) is 20.0 Å². The van der Waals surface area contributed by atoms with Gasteiger partial charge in [0, 0.05) is 6.54 Å². The molecule has 7 heteroatoms. The van der Waals surface area contributed by atoms with Crippen LogP contribution in [0.25, 0.3) is 0 Å². The van der Waals surface area contributed by atoms with E-state index < -0.39 is 10.0 Å². The summed E-state index contributed by atoms with van der Waals surface area (Å²) in [6, 6.07) is 5.60. The molecule has 0 aliphatic heterocycles. The molecule has 112 valence electrons. The Balaban J connectivity index is 2.27. The van der Waals surface area contributed by atoms with Gasteiger partial charge in [-0.05, 0) is 38.0 Å². The van der Waals surface area contributed by atoms with Gasteiger partial charge in [0.05, 0.1) is 18.1 Å². The normalized spacial score (nSPS) is 11.2. The third-order valence-electron chi connectivity index (χ3n) is 2.91. The van der Waals surface area contributed by atoms with Crippen molar-refractivity contribution in [2.24, 2.45) is 0 Å². The molecule has 1 aromatic heterocycles. The first kappa shape index (κ1) is 15.2. The van der Waals surface area contributed by atoms with Crippen LogP contribution in [0.2, 0.25) is 0 Å². The molecule has 0 radical (unpaired) electrons. The Morgan fingerprint density at radius 3 is 2.43 bits per heavy atom. The molecule has 1 aromatic carbocycles. The number of hydrogen-bond acceptors (Lipinski definition) is 5. The largest absolute Gasteiger partial charge is 0.355 e. The van der Waals surface area contributed by atoms with Crippen LogP contribution in [0.15, 0.2) is 35.5 Å². The van der Waals surface area contributed by atoms with Crippen molar-refractivity contribution in [3.05, 3.63) is 41.7 Å². The van der Waals surface area contributed by atoms with E-state index in [-0.39, 0.29) is 4.90 Å². The Labute approximate surface area is 124 Å². The second kappa shape index (κ2) is 6.09. The molecule has 0 unspecified atom stereocenters. The van der Waals surface area contributed by atoms with E-state index in [0.717, 1.165) is 11.1 Å². The fourth-order valence-corrected chi connectivity index (χ4v) is 2.76. The summed E-state index contributed by atoms with van der Waals surface area (Å²) in [6.07, 6.45) is 2.58. The molecule has 0 amide bonds. The first-order valence-electron chi connectivity index (χ1n) is 6.58. The van der Waals surface area contributed by atoms with Crippen LogP contribution in [-0.2, 0) is 10.0 Å². The summed E-state index contributed by atoms with van der Waals surface area (Å²) in [4.78, 5) is 7.98. The molecule has 0 atom stereocenters. The molecule has 2 aromatic rings. The summed E-state index contributed by atoms with van der Waals surface area (Å²) < 4.78 is 27.2. The van der Waals surface area contributed by atoms with Gasteiger partial charge in [-0.15, -0.1) is 0 Å². The molecule has 0 bridgehead atoms. The van der Waals surface area contributed by atoms with Crippen LogP contribution in [0.1, 0.15) is 18.1 Å². The fourth-order valence-electron chi connectivity index (χ4n) is 1.75. The maximum absolute atomic E-state index is 12.3. The lowest BCUT2D eigenvalue weighted by Crippen LogP contribution is -2.15. The molecule has 0 saturated carbocycles. The summed E-state index contributed by atoms with van der Waals surface area (Å²) in [5, 5.41) is 2.91. The SMILES string of the molecule is CCNc1ncc(S(=O)(=O)Nc2cc(C)ccc2C)cn1. The first-order chi connectivity index (χ1) is 9.92. The van der Waals surface area contributed by atoms with Gasteiger partial charge < -0.3 is 5.32 Å². The minimum Gasteiger partial charge on any atom is -0.355 e. The van der Waals surface area contributed by atoms with E-state index in [1.165, 1.54) is 12.4 Å². The number of anilines is 2. The van der Waals surface area contributed by atoms with Gasteiger partial charge in [-0.2, -0.15) is 0 Å². The van der Waals surface area contributed by atoms with Crippen molar-refractivity contribution >= 4 is 21.7 Å². The molecule has 0 aliphatic rings. The molecule has 2 N–H and O–H groups in total. The van der Waals surface area contributed by atoms with Crippen LogP contribution in [0.5, 0.6) is 0 Å². The maximum atomic E-state index is 12.3. The van der Waals surface area contributed by atoms with Gasteiger partial charge in [-0.25, -0.2) is 18.4 Å². The highest BCUT2D eigenvalue weighted by Crippen LogP contribution is 2.20. The van der Waals surface area contributed by atoms with E-state index in [4.69, 9.17) is 0 Å². The zero-order valence-corrected chi connectivity index (χ0v) is 13.0. The Kier molecular flexibility index (Phi) is 4.42. The number of rotatable bonds is 5. The van der Waals surface area contributed by atoms with Crippen molar-refractivity contribution in [3.8, 4) is 0 Å². The van der Waals surface area contributed by atoms with Gasteiger partial charge in [0.1, 0.15) is 4.90 Å². The lowest BCUT2D eigenvalue weighted by atomic mass is 10.1. The average molecular weight is 306 g/mol. The van der Waals surface area contributed by atoms with Crippen molar-refractivity contribution in [2.45, 2.75) is 25.7 Å². The second-order valence-electron chi connectivity index (χ2n) is 4.70. The molecular weight excluding hydrogens is 288 g/mol. The number of sulfonamides is 1. The average Bonchev–Trinajstić information content (AvgIpc) is 2.44.